The summed E-state index contributed by atoms with van der Waals surface area (Å²) in [7, 11) is 0. The van der Waals surface area contributed by atoms with E-state index in [0.29, 0.717) is 17.0 Å². The van der Waals surface area contributed by atoms with Crippen LogP contribution in [0.3, 0.4) is 0 Å². The minimum absolute atomic E-state index is 0.0102. The summed E-state index contributed by atoms with van der Waals surface area (Å²) in [6.45, 7) is 21.9. The maximum Gasteiger partial charge on any atom is 0.228 e. The SMILES string of the molecule is C=c1c(O)c(O)cc2c1=CC=C1[C@@]2(C)CC[C@@]2(C)[C@@H]3C[C@](C)(C(=O)N(CC)CC)CC[C@]3(C)CC[C@]12C. The van der Waals surface area contributed by atoms with Gasteiger partial charge in [0.1, 0.15) is 0 Å². The number of carbonyl (C=O) groups excluding carboxylic acids is 1. The highest BCUT2D eigenvalue weighted by molar-refractivity contribution is 5.82. The molecular formula is C33H47NO3. The van der Waals surface area contributed by atoms with Gasteiger partial charge < -0.3 is 15.1 Å². The van der Waals surface area contributed by atoms with Crippen LogP contribution in [0.15, 0.2) is 17.7 Å². The first kappa shape index (κ1) is 26.4. The van der Waals surface area contributed by atoms with Gasteiger partial charge in [0.25, 0.3) is 0 Å². The molecule has 202 valence electrons. The van der Waals surface area contributed by atoms with Crippen LogP contribution in [0.1, 0.15) is 99.0 Å². The summed E-state index contributed by atoms with van der Waals surface area (Å²) in [6, 6.07) is 1.78. The third-order valence-electron chi connectivity index (χ3n) is 12.3. The van der Waals surface area contributed by atoms with E-state index in [4.69, 9.17) is 0 Å². The smallest absolute Gasteiger partial charge is 0.228 e. The normalized spacial score (nSPS) is 40.3. The number of allylic oxidation sites excluding steroid dienone is 2. The number of fused-ring (bicyclic) bond motifs is 7. The van der Waals surface area contributed by atoms with Crippen molar-refractivity contribution < 1.29 is 15.0 Å². The summed E-state index contributed by atoms with van der Waals surface area (Å²) in [5.41, 5.74) is 2.36. The summed E-state index contributed by atoms with van der Waals surface area (Å²) in [4.78, 5) is 15.8. The molecule has 1 aromatic carbocycles. The summed E-state index contributed by atoms with van der Waals surface area (Å²) in [5, 5.41) is 22.4. The van der Waals surface area contributed by atoms with Crippen molar-refractivity contribution in [1.29, 1.82) is 0 Å². The Morgan fingerprint density at radius 1 is 0.973 bits per heavy atom. The minimum Gasteiger partial charge on any atom is -0.504 e. The molecule has 0 heterocycles. The Kier molecular flexibility index (Phi) is 5.80. The van der Waals surface area contributed by atoms with Crippen molar-refractivity contribution in [2.75, 3.05) is 13.1 Å². The second kappa shape index (κ2) is 8.13. The zero-order valence-electron chi connectivity index (χ0n) is 24.1. The van der Waals surface area contributed by atoms with Crippen LogP contribution >= 0.6 is 0 Å². The number of hydrogen-bond acceptors (Lipinski definition) is 3. The van der Waals surface area contributed by atoms with Gasteiger partial charge in [0.05, 0.1) is 0 Å². The molecule has 0 spiro atoms. The largest absolute Gasteiger partial charge is 0.504 e. The van der Waals surface area contributed by atoms with Gasteiger partial charge in [-0.05, 0) is 97.8 Å². The lowest BCUT2D eigenvalue weighted by Gasteiger charge is -2.69. The van der Waals surface area contributed by atoms with E-state index < -0.39 is 0 Å². The number of phenols is 2. The van der Waals surface area contributed by atoms with E-state index in [0.717, 1.165) is 62.4 Å². The van der Waals surface area contributed by atoms with Crippen molar-refractivity contribution >= 4 is 18.6 Å². The molecular weight excluding hydrogens is 458 g/mol. The van der Waals surface area contributed by atoms with Gasteiger partial charge in [0.15, 0.2) is 11.5 Å². The molecule has 4 heteroatoms. The number of nitrogens with zero attached hydrogens (tertiary/aromatic N) is 1. The predicted octanol–water partition coefficient (Wildman–Crippen LogP) is 5.77. The van der Waals surface area contributed by atoms with Crippen molar-refractivity contribution in [1.82, 2.24) is 4.90 Å². The van der Waals surface area contributed by atoms with Crippen LogP contribution in [0.4, 0.5) is 0 Å². The van der Waals surface area contributed by atoms with E-state index in [1.165, 1.54) is 12.0 Å². The highest BCUT2D eigenvalue weighted by atomic mass is 16.3. The third-order valence-corrected chi connectivity index (χ3v) is 12.3. The molecule has 6 atom stereocenters. The van der Waals surface area contributed by atoms with Crippen LogP contribution in [0.2, 0.25) is 0 Å². The van der Waals surface area contributed by atoms with Crippen molar-refractivity contribution in [2.24, 2.45) is 27.6 Å². The summed E-state index contributed by atoms with van der Waals surface area (Å²) < 4.78 is 0. The van der Waals surface area contributed by atoms with Crippen LogP contribution < -0.4 is 10.4 Å². The maximum absolute atomic E-state index is 13.8. The van der Waals surface area contributed by atoms with Crippen molar-refractivity contribution in [3.8, 4) is 11.5 Å². The predicted molar refractivity (Wildman–Crippen MR) is 151 cm³/mol. The van der Waals surface area contributed by atoms with Crippen LogP contribution in [-0.2, 0) is 10.2 Å². The van der Waals surface area contributed by atoms with Gasteiger partial charge in [-0.2, -0.15) is 0 Å². The highest BCUT2D eigenvalue weighted by Gasteiger charge is 2.66. The molecule has 0 aromatic heterocycles. The zero-order valence-corrected chi connectivity index (χ0v) is 24.1. The highest BCUT2D eigenvalue weighted by Crippen LogP contribution is 2.74. The van der Waals surface area contributed by atoms with Crippen molar-refractivity contribution in [3.05, 3.63) is 33.7 Å². The molecule has 0 unspecified atom stereocenters. The molecule has 4 aliphatic rings. The fraction of sp³-hybridized carbons (Fsp3) is 0.667. The second-order valence-corrected chi connectivity index (χ2v) is 14.0. The Balaban J connectivity index is 1.61. The number of carbonyl (C=O) groups is 1. The number of rotatable bonds is 3. The molecule has 3 saturated carbocycles. The van der Waals surface area contributed by atoms with Gasteiger partial charge in [0, 0.05) is 29.1 Å². The first-order chi connectivity index (χ1) is 17.2. The minimum atomic E-state index is -0.302. The lowest BCUT2D eigenvalue weighted by Crippen LogP contribution is -2.63. The average Bonchev–Trinajstić information content (AvgIpc) is 2.86. The molecule has 4 aliphatic carbocycles. The third kappa shape index (κ3) is 3.29. The second-order valence-electron chi connectivity index (χ2n) is 14.0. The first-order valence-electron chi connectivity index (χ1n) is 14.5. The summed E-state index contributed by atoms with van der Waals surface area (Å²) in [6.07, 6.45) is 11.9. The van der Waals surface area contributed by atoms with Crippen LogP contribution in [-0.4, -0.2) is 34.1 Å². The molecule has 0 aliphatic heterocycles. The van der Waals surface area contributed by atoms with Gasteiger partial charge in [-0.3, -0.25) is 4.79 Å². The van der Waals surface area contributed by atoms with E-state index in [2.05, 4.69) is 67.2 Å². The zero-order chi connectivity index (χ0) is 27.2. The lowest BCUT2D eigenvalue weighted by atomic mass is 9.34. The molecule has 0 saturated heterocycles. The molecule has 1 amide bonds. The van der Waals surface area contributed by atoms with Gasteiger partial charge in [-0.15, -0.1) is 0 Å². The Bertz CT molecular complexity index is 1290. The van der Waals surface area contributed by atoms with Gasteiger partial charge in [0.2, 0.25) is 5.91 Å². The average molecular weight is 506 g/mol. The molecule has 37 heavy (non-hydrogen) atoms. The number of hydrogen-bond donors (Lipinski definition) is 2. The Morgan fingerprint density at radius 2 is 1.62 bits per heavy atom. The topological polar surface area (TPSA) is 60.8 Å². The Labute approximate surface area is 223 Å². The van der Waals surface area contributed by atoms with Crippen LogP contribution in [0.25, 0.3) is 12.7 Å². The molecule has 2 N–H and O–H groups in total. The lowest BCUT2D eigenvalue weighted by molar-refractivity contribution is -0.172. The first-order valence-corrected chi connectivity index (χ1v) is 14.5. The number of phenolic OH excluding ortho intramolecular Hbond substituents is 2. The Morgan fingerprint density at radius 3 is 2.27 bits per heavy atom. The van der Waals surface area contributed by atoms with Crippen molar-refractivity contribution in [2.45, 2.75) is 98.8 Å². The van der Waals surface area contributed by atoms with E-state index in [-0.39, 0.29) is 38.6 Å². The van der Waals surface area contributed by atoms with E-state index >= 15 is 0 Å². The van der Waals surface area contributed by atoms with E-state index in [9.17, 15) is 15.0 Å². The van der Waals surface area contributed by atoms with Crippen molar-refractivity contribution in [3.63, 3.8) is 0 Å². The fourth-order valence-corrected chi connectivity index (χ4v) is 9.46. The molecule has 5 rings (SSSR count). The van der Waals surface area contributed by atoms with Crippen LogP contribution in [0.5, 0.6) is 11.5 Å². The summed E-state index contributed by atoms with van der Waals surface area (Å²) in [5.74, 6) is 0.622. The van der Waals surface area contributed by atoms with E-state index in [1.807, 2.05) is 4.90 Å². The van der Waals surface area contributed by atoms with Gasteiger partial charge in [-0.1, -0.05) is 58.9 Å². The monoisotopic (exact) mass is 505 g/mol. The molecule has 0 bridgehead atoms. The Hall–Kier alpha value is -2.23. The molecule has 4 nitrogen and oxygen atoms in total. The standard InChI is InChI=1S/C33H47NO3/c1-9-34(10-2)28(37)30(5)14-13-29(4)15-17-32(7)25-12-11-22-21(3)27(36)24(35)19-23(22)31(25,6)16-18-33(32,8)26(29)20-30/h11-12,19,26,35-36H,3,9-10,13-18,20H2,1-2,4-8H3/t26-,29-,30-,31+,32-,33+/m1/s1. The summed E-state index contributed by atoms with van der Waals surface area (Å²) >= 11 is 0. The molecule has 0 radical (unpaired) electrons. The van der Waals surface area contributed by atoms with Crippen LogP contribution in [0, 0.1) is 27.6 Å². The number of amides is 1. The maximum atomic E-state index is 13.8. The van der Waals surface area contributed by atoms with Gasteiger partial charge in [-0.25, -0.2) is 0 Å². The molecule has 1 aromatic rings. The van der Waals surface area contributed by atoms with E-state index in [1.54, 1.807) is 6.07 Å². The number of aromatic hydroxyl groups is 2. The number of benzene rings is 1. The fourth-order valence-electron chi connectivity index (χ4n) is 9.46. The molecule has 3 fully saturated rings. The van der Waals surface area contributed by atoms with Gasteiger partial charge >= 0.3 is 0 Å². The quantitative estimate of drug-likeness (QED) is 0.513.